The van der Waals surface area contributed by atoms with E-state index in [4.69, 9.17) is 4.74 Å². The first-order chi connectivity index (χ1) is 9.52. The Balaban J connectivity index is 1.60. The van der Waals surface area contributed by atoms with E-state index in [0.29, 0.717) is 6.54 Å². The summed E-state index contributed by atoms with van der Waals surface area (Å²) in [5.74, 6) is 0.248. The molecule has 2 aliphatic rings. The van der Waals surface area contributed by atoms with Crippen LogP contribution in [0.15, 0.2) is 22.7 Å². The Morgan fingerprint density at radius 3 is 3.00 bits per heavy atom. The van der Waals surface area contributed by atoms with Crippen LogP contribution in [0.5, 0.6) is 5.75 Å². The quantitative estimate of drug-likeness (QED) is 0.918. The standard InChI is InChI=1S/C15H18BrNO3/c1-9-6-17(8-13(9)15(18)19)7-12-5-10-4-11(16)2-3-14(10)20-12/h2-4,9,12-13H,5-8H2,1H3,(H,18,19)/t9-,12?,13-/m1/s1. The van der Waals surface area contributed by atoms with Crippen molar-refractivity contribution in [2.45, 2.75) is 19.4 Å². The van der Waals surface area contributed by atoms with Crippen LogP contribution in [0.3, 0.4) is 0 Å². The van der Waals surface area contributed by atoms with E-state index in [2.05, 4.69) is 26.9 Å². The smallest absolute Gasteiger partial charge is 0.308 e. The van der Waals surface area contributed by atoms with Gasteiger partial charge in [-0.2, -0.15) is 0 Å². The molecule has 0 amide bonds. The molecule has 0 aromatic heterocycles. The van der Waals surface area contributed by atoms with Gasteiger partial charge in [0, 0.05) is 30.5 Å². The number of carbonyl (C=O) groups is 1. The fraction of sp³-hybridized carbons (Fsp3) is 0.533. The SMILES string of the molecule is C[C@@H]1CN(CC2Cc3cc(Br)ccc3O2)C[C@H]1C(=O)O. The van der Waals surface area contributed by atoms with Crippen LogP contribution >= 0.6 is 15.9 Å². The highest BCUT2D eigenvalue weighted by Crippen LogP contribution is 2.32. The molecular formula is C15H18BrNO3. The van der Waals surface area contributed by atoms with E-state index in [1.54, 1.807) is 0 Å². The Kier molecular flexibility index (Phi) is 3.73. The second kappa shape index (κ2) is 5.37. The minimum Gasteiger partial charge on any atom is -0.488 e. The Morgan fingerprint density at radius 1 is 1.50 bits per heavy atom. The largest absolute Gasteiger partial charge is 0.488 e. The monoisotopic (exact) mass is 339 g/mol. The number of benzene rings is 1. The van der Waals surface area contributed by atoms with Crippen LogP contribution in [0.4, 0.5) is 0 Å². The van der Waals surface area contributed by atoms with E-state index in [0.717, 1.165) is 29.7 Å². The van der Waals surface area contributed by atoms with Crippen molar-refractivity contribution < 1.29 is 14.6 Å². The van der Waals surface area contributed by atoms with Gasteiger partial charge in [0.1, 0.15) is 11.9 Å². The number of rotatable bonds is 3. The van der Waals surface area contributed by atoms with Crippen molar-refractivity contribution in [2.75, 3.05) is 19.6 Å². The van der Waals surface area contributed by atoms with Gasteiger partial charge in [0.2, 0.25) is 0 Å². The van der Waals surface area contributed by atoms with Gasteiger partial charge in [-0.25, -0.2) is 0 Å². The molecule has 3 rings (SSSR count). The van der Waals surface area contributed by atoms with Crippen molar-refractivity contribution in [2.24, 2.45) is 11.8 Å². The summed E-state index contributed by atoms with van der Waals surface area (Å²) < 4.78 is 7.02. The van der Waals surface area contributed by atoms with Crippen molar-refractivity contribution in [1.82, 2.24) is 4.90 Å². The second-order valence-electron chi connectivity index (χ2n) is 5.84. The molecule has 3 atom stereocenters. The molecule has 5 heteroatoms. The summed E-state index contributed by atoms with van der Waals surface area (Å²) in [5.41, 5.74) is 1.23. The predicted molar refractivity (Wildman–Crippen MR) is 79.0 cm³/mol. The van der Waals surface area contributed by atoms with Gasteiger partial charge in [-0.3, -0.25) is 9.69 Å². The number of ether oxygens (including phenoxy) is 1. The molecule has 4 nitrogen and oxygen atoms in total. The van der Waals surface area contributed by atoms with Crippen molar-refractivity contribution in [3.05, 3.63) is 28.2 Å². The van der Waals surface area contributed by atoms with Gasteiger partial charge >= 0.3 is 5.97 Å². The number of fused-ring (bicyclic) bond motifs is 1. The molecule has 2 heterocycles. The molecule has 1 fully saturated rings. The summed E-state index contributed by atoms with van der Waals surface area (Å²) in [6, 6.07) is 6.08. The van der Waals surface area contributed by atoms with Gasteiger partial charge in [0.15, 0.2) is 0 Å². The normalized spacial score (nSPS) is 29.2. The molecule has 0 bridgehead atoms. The average molecular weight is 340 g/mol. The third kappa shape index (κ3) is 2.69. The highest BCUT2D eigenvalue weighted by atomic mass is 79.9. The third-order valence-corrected chi connectivity index (χ3v) is 4.72. The third-order valence-electron chi connectivity index (χ3n) is 4.23. The van der Waals surface area contributed by atoms with Crippen LogP contribution in [0.1, 0.15) is 12.5 Å². The molecule has 1 saturated heterocycles. The van der Waals surface area contributed by atoms with Crippen LogP contribution in [-0.2, 0) is 11.2 Å². The molecule has 1 unspecified atom stereocenters. The number of carboxylic acids is 1. The van der Waals surface area contributed by atoms with Gasteiger partial charge in [-0.1, -0.05) is 22.9 Å². The second-order valence-corrected chi connectivity index (χ2v) is 6.75. The Hall–Kier alpha value is -1.07. The summed E-state index contributed by atoms with van der Waals surface area (Å²) in [4.78, 5) is 13.4. The zero-order valence-electron chi connectivity index (χ0n) is 11.4. The summed E-state index contributed by atoms with van der Waals surface area (Å²) in [7, 11) is 0. The number of aliphatic carboxylic acids is 1. The van der Waals surface area contributed by atoms with E-state index in [-0.39, 0.29) is 17.9 Å². The first kappa shape index (κ1) is 13.9. The van der Waals surface area contributed by atoms with E-state index < -0.39 is 5.97 Å². The first-order valence-electron chi connectivity index (χ1n) is 6.93. The molecule has 20 heavy (non-hydrogen) atoms. The average Bonchev–Trinajstić information content (AvgIpc) is 2.92. The molecule has 0 radical (unpaired) electrons. The molecule has 1 aromatic rings. The molecule has 1 N–H and O–H groups in total. The molecule has 0 spiro atoms. The van der Waals surface area contributed by atoms with Crippen LogP contribution < -0.4 is 4.74 Å². The highest BCUT2D eigenvalue weighted by Gasteiger charge is 2.36. The predicted octanol–water partition coefficient (Wildman–Crippen LogP) is 2.41. The summed E-state index contributed by atoms with van der Waals surface area (Å²) in [5, 5.41) is 9.17. The topological polar surface area (TPSA) is 49.8 Å². The summed E-state index contributed by atoms with van der Waals surface area (Å²) in [6.45, 7) is 4.30. The number of likely N-dealkylation sites (tertiary alicyclic amines) is 1. The maximum Gasteiger partial charge on any atom is 0.308 e. The van der Waals surface area contributed by atoms with Crippen molar-refractivity contribution in [3.8, 4) is 5.75 Å². The number of nitrogens with zero attached hydrogens (tertiary/aromatic N) is 1. The Labute approximate surface area is 126 Å². The lowest BCUT2D eigenvalue weighted by Crippen LogP contribution is -2.34. The molecule has 1 aromatic carbocycles. The van der Waals surface area contributed by atoms with Gasteiger partial charge in [-0.05, 0) is 29.7 Å². The van der Waals surface area contributed by atoms with Crippen LogP contribution in [-0.4, -0.2) is 41.7 Å². The van der Waals surface area contributed by atoms with E-state index >= 15 is 0 Å². The summed E-state index contributed by atoms with van der Waals surface area (Å²) >= 11 is 3.47. The zero-order valence-corrected chi connectivity index (χ0v) is 13.0. The molecule has 2 aliphatic heterocycles. The number of hydrogen-bond donors (Lipinski definition) is 1. The van der Waals surface area contributed by atoms with Crippen LogP contribution in [0, 0.1) is 11.8 Å². The molecular weight excluding hydrogens is 322 g/mol. The number of carboxylic acid groups (broad SMARTS) is 1. The van der Waals surface area contributed by atoms with Crippen LogP contribution in [0.2, 0.25) is 0 Å². The highest BCUT2D eigenvalue weighted by molar-refractivity contribution is 9.10. The van der Waals surface area contributed by atoms with Crippen molar-refractivity contribution in [3.63, 3.8) is 0 Å². The van der Waals surface area contributed by atoms with E-state index in [9.17, 15) is 9.90 Å². The number of halogens is 1. The first-order valence-corrected chi connectivity index (χ1v) is 7.72. The molecule has 108 valence electrons. The van der Waals surface area contributed by atoms with E-state index in [1.807, 2.05) is 19.1 Å². The minimum absolute atomic E-state index is 0.138. The van der Waals surface area contributed by atoms with E-state index in [1.165, 1.54) is 5.56 Å². The lowest BCUT2D eigenvalue weighted by molar-refractivity contribution is -0.142. The Bertz CT molecular complexity index is 534. The van der Waals surface area contributed by atoms with Crippen molar-refractivity contribution >= 4 is 21.9 Å². The maximum absolute atomic E-state index is 11.1. The summed E-state index contributed by atoms with van der Waals surface area (Å²) in [6.07, 6.45) is 1.04. The Morgan fingerprint density at radius 2 is 2.30 bits per heavy atom. The molecule has 0 aliphatic carbocycles. The van der Waals surface area contributed by atoms with Gasteiger partial charge in [0.05, 0.1) is 5.92 Å². The van der Waals surface area contributed by atoms with Crippen LogP contribution in [0.25, 0.3) is 0 Å². The lowest BCUT2D eigenvalue weighted by Gasteiger charge is -2.19. The van der Waals surface area contributed by atoms with Gasteiger partial charge < -0.3 is 9.84 Å². The molecule has 0 saturated carbocycles. The van der Waals surface area contributed by atoms with Crippen molar-refractivity contribution in [1.29, 1.82) is 0 Å². The lowest BCUT2D eigenvalue weighted by atomic mass is 9.99. The fourth-order valence-electron chi connectivity index (χ4n) is 3.22. The fourth-order valence-corrected chi connectivity index (χ4v) is 3.63. The zero-order chi connectivity index (χ0) is 14.3. The number of hydrogen-bond acceptors (Lipinski definition) is 3. The van der Waals surface area contributed by atoms with Gasteiger partial charge in [-0.15, -0.1) is 0 Å². The maximum atomic E-state index is 11.1. The van der Waals surface area contributed by atoms with Gasteiger partial charge in [0.25, 0.3) is 0 Å². The minimum atomic E-state index is -0.681.